The standard InChI is InChI=1S/C27H29F2N2O2/c1-3-17-15-31(16-19-12-20(28)4-6-24(19)29)11-9-18(17)13-26(31)27(32)22-8-10-30-25-7-5-21(33-2)14-23(22)25/h3-8,10,12,14,17-18,26-27,32H,1,9,11,13,15-16H2,2H3/q+1/t17-,18-,26-,27+,31-/m0/s1. The van der Waals surface area contributed by atoms with Gasteiger partial charge in [-0.2, -0.15) is 0 Å². The zero-order valence-electron chi connectivity index (χ0n) is 18.8. The lowest BCUT2D eigenvalue weighted by Crippen LogP contribution is -2.67. The summed E-state index contributed by atoms with van der Waals surface area (Å²) in [6, 6.07) is 11.0. The van der Waals surface area contributed by atoms with Crippen LogP contribution in [0.15, 0.2) is 61.3 Å². The van der Waals surface area contributed by atoms with Crippen LogP contribution >= 0.6 is 0 Å². The predicted octanol–water partition coefficient (Wildman–Crippen LogP) is 5.17. The van der Waals surface area contributed by atoms with Crippen LogP contribution in [0.2, 0.25) is 0 Å². The van der Waals surface area contributed by atoms with Crippen LogP contribution in [-0.2, 0) is 6.54 Å². The Bertz CT molecular complexity index is 1200. The van der Waals surface area contributed by atoms with Crippen molar-refractivity contribution in [3.8, 4) is 5.75 Å². The van der Waals surface area contributed by atoms with Crippen molar-refractivity contribution in [2.45, 2.75) is 31.5 Å². The van der Waals surface area contributed by atoms with Crippen molar-refractivity contribution in [2.24, 2.45) is 11.8 Å². The topological polar surface area (TPSA) is 42.4 Å². The molecule has 0 saturated carbocycles. The molecule has 0 spiro atoms. The molecule has 0 radical (unpaired) electrons. The summed E-state index contributed by atoms with van der Waals surface area (Å²) in [6.07, 6.45) is 4.73. The van der Waals surface area contributed by atoms with Crippen molar-refractivity contribution in [3.05, 3.63) is 84.1 Å². The molecule has 2 aromatic carbocycles. The van der Waals surface area contributed by atoms with Crippen LogP contribution in [0.4, 0.5) is 8.78 Å². The van der Waals surface area contributed by atoms with E-state index in [0.29, 0.717) is 34.2 Å². The predicted molar refractivity (Wildman–Crippen MR) is 124 cm³/mol. The van der Waals surface area contributed by atoms with Crippen molar-refractivity contribution >= 4 is 10.9 Å². The molecular formula is C27H29F2N2O2+. The molecule has 1 N–H and O–H groups in total. The number of pyridine rings is 1. The smallest absolute Gasteiger partial charge is 0.132 e. The van der Waals surface area contributed by atoms with E-state index in [1.165, 1.54) is 12.1 Å². The molecule has 0 amide bonds. The van der Waals surface area contributed by atoms with Gasteiger partial charge in [-0.05, 0) is 53.9 Å². The van der Waals surface area contributed by atoms with E-state index in [0.717, 1.165) is 48.5 Å². The van der Waals surface area contributed by atoms with Gasteiger partial charge in [0.05, 0.1) is 25.7 Å². The van der Waals surface area contributed by atoms with Crippen LogP contribution in [0.3, 0.4) is 0 Å². The molecule has 1 aromatic heterocycles. The van der Waals surface area contributed by atoms with E-state index in [2.05, 4.69) is 11.6 Å². The highest BCUT2D eigenvalue weighted by Gasteiger charge is 2.54. The third-order valence-corrected chi connectivity index (χ3v) is 7.83. The minimum absolute atomic E-state index is 0.139. The highest BCUT2D eigenvalue weighted by molar-refractivity contribution is 5.83. The molecule has 0 aliphatic carbocycles. The Morgan fingerprint density at radius 1 is 1.24 bits per heavy atom. The number of aliphatic hydroxyl groups is 1. The Kier molecular flexibility index (Phi) is 5.67. The lowest BCUT2D eigenvalue weighted by atomic mass is 9.71. The maximum atomic E-state index is 14.7. The number of ether oxygens (including phenoxy) is 1. The number of quaternary nitrogens is 1. The van der Waals surface area contributed by atoms with E-state index in [1.807, 2.05) is 30.3 Å². The molecule has 4 heterocycles. The Hall–Kier alpha value is -2.83. The van der Waals surface area contributed by atoms with Crippen LogP contribution in [0.25, 0.3) is 10.9 Å². The summed E-state index contributed by atoms with van der Waals surface area (Å²) in [5, 5.41) is 12.6. The number of hydrogen-bond donors (Lipinski definition) is 1. The first-order valence-electron chi connectivity index (χ1n) is 11.5. The number of benzene rings is 2. The molecule has 3 fully saturated rings. The van der Waals surface area contributed by atoms with Crippen LogP contribution in [0.1, 0.15) is 30.1 Å². The molecule has 2 bridgehead atoms. The van der Waals surface area contributed by atoms with Gasteiger partial charge in [-0.25, -0.2) is 8.78 Å². The molecule has 6 heteroatoms. The van der Waals surface area contributed by atoms with E-state index in [4.69, 9.17) is 4.74 Å². The number of aromatic nitrogens is 1. The molecule has 3 aliphatic heterocycles. The van der Waals surface area contributed by atoms with Crippen molar-refractivity contribution in [1.29, 1.82) is 0 Å². The number of hydrogen-bond acceptors (Lipinski definition) is 3. The first-order valence-corrected chi connectivity index (χ1v) is 11.5. The fourth-order valence-electron chi connectivity index (χ4n) is 6.12. The Balaban J connectivity index is 1.58. The summed E-state index contributed by atoms with van der Waals surface area (Å²) in [6.45, 7) is 5.95. The lowest BCUT2D eigenvalue weighted by Gasteiger charge is -2.58. The van der Waals surface area contributed by atoms with Crippen LogP contribution in [0.5, 0.6) is 5.75 Å². The van der Waals surface area contributed by atoms with Crippen LogP contribution in [0, 0.1) is 23.5 Å². The number of aliphatic hydroxyl groups excluding tert-OH is 1. The zero-order chi connectivity index (χ0) is 23.2. The highest BCUT2D eigenvalue weighted by Crippen LogP contribution is 2.48. The SMILES string of the molecule is C=C[C@H]1C[N@+]2(Cc3cc(F)ccc3F)CC[C@H]1C[C@H]2[C@H](O)c1ccnc2ccc(OC)cc12. The number of nitrogens with zero attached hydrogens (tertiary/aromatic N) is 2. The number of piperidine rings is 3. The van der Waals surface area contributed by atoms with Crippen LogP contribution in [-0.4, -0.2) is 40.8 Å². The van der Waals surface area contributed by atoms with E-state index >= 15 is 0 Å². The van der Waals surface area contributed by atoms with Gasteiger partial charge >= 0.3 is 0 Å². The minimum Gasteiger partial charge on any atom is -0.497 e. The monoisotopic (exact) mass is 451 g/mol. The normalized spacial score (nSPS) is 27.5. The summed E-state index contributed by atoms with van der Waals surface area (Å²) in [5.74, 6) is 0.585. The molecule has 3 saturated heterocycles. The van der Waals surface area contributed by atoms with Crippen molar-refractivity contribution in [1.82, 2.24) is 4.98 Å². The number of rotatable bonds is 6. The second kappa shape index (κ2) is 8.50. The summed E-state index contributed by atoms with van der Waals surface area (Å²) < 4.78 is 34.6. The summed E-state index contributed by atoms with van der Waals surface area (Å²) in [4.78, 5) is 4.45. The van der Waals surface area contributed by atoms with Gasteiger partial charge in [0.25, 0.3) is 0 Å². The van der Waals surface area contributed by atoms with Crippen molar-refractivity contribution in [3.63, 3.8) is 0 Å². The average Bonchev–Trinajstić information content (AvgIpc) is 2.85. The fraction of sp³-hybridized carbons (Fsp3) is 0.370. The number of fused-ring (bicyclic) bond motifs is 4. The maximum absolute atomic E-state index is 14.7. The average molecular weight is 452 g/mol. The van der Waals surface area contributed by atoms with E-state index in [9.17, 15) is 13.9 Å². The van der Waals surface area contributed by atoms with Gasteiger partial charge in [-0.15, -0.1) is 6.58 Å². The number of methoxy groups -OCH3 is 1. The van der Waals surface area contributed by atoms with Gasteiger partial charge in [0.1, 0.15) is 36.1 Å². The zero-order valence-corrected chi connectivity index (χ0v) is 18.8. The molecule has 0 unspecified atom stereocenters. The van der Waals surface area contributed by atoms with Gasteiger partial charge in [-0.3, -0.25) is 4.98 Å². The summed E-state index contributed by atoms with van der Waals surface area (Å²) in [5.41, 5.74) is 1.94. The molecule has 5 atom stereocenters. The van der Waals surface area contributed by atoms with E-state index in [-0.39, 0.29) is 6.04 Å². The van der Waals surface area contributed by atoms with Crippen LogP contribution < -0.4 is 4.74 Å². The first-order chi connectivity index (χ1) is 15.9. The maximum Gasteiger partial charge on any atom is 0.132 e. The Morgan fingerprint density at radius 2 is 2.09 bits per heavy atom. The second-order valence-corrected chi connectivity index (χ2v) is 9.50. The molecule has 33 heavy (non-hydrogen) atoms. The quantitative estimate of drug-likeness (QED) is 0.416. The van der Waals surface area contributed by atoms with Crippen molar-refractivity contribution in [2.75, 3.05) is 20.2 Å². The Labute approximate surface area is 192 Å². The minimum atomic E-state index is -0.771. The van der Waals surface area contributed by atoms with Gasteiger partial charge in [0.15, 0.2) is 0 Å². The van der Waals surface area contributed by atoms with Crippen molar-refractivity contribution < 1.29 is 23.1 Å². The lowest BCUT2D eigenvalue weighted by molar-refractivity contribution is -0.985. The Morgan fingerprint density at radius 3 is 2.88 bits per heavy atom. The largest absolute Gasteiger partial charge is 0.497 e. The molecule has 6 rings (SSSR count). The highest BCUT2D eigenvalue weighted by atomic mass is 19.1. The van der Waals surface area contributed by atoms with Gasteiger partial charge in [0, 0.05) is 35.9 Å². The van der Waals surface area contributed by atoms with Gasteiger partial charge in [0.2, 0.25) is 0 Å². The van der Waals surface area contributed by atoms with Gasteiger partial charge < -0.3 is 14.3 Å². The van der Waals surface area contributed by atoms with Gasteiger partial charge in [-0.1, -0.05) is 6.08 Å². The molecule has 3 aromatic rings. The van der Waals surface area contributed by atoms with E-state index in [1.54, 1.807) is 13.3 Å². The third kappa shape index (κ3) is 3.81. The molecule has 172 valence electrons. The number of halogens is 2. The summed E-state index contributed by atoms with van der Waals surface area (Å²) in [7, 11) is 1.61. The molecule has 3 aliphatic rings. The molecule has 4 nitrogen and oxygen atoms in total. The van der Waals surface area contributed by atoms with E-state index < -0.39 is 17.7 Å². The summed E-state index contributed by atoms with van der Waals surface area (Å²) >= 11 is 0. The first kappa shape index (κ1) is 22.0. The fourth-order valence-corrected chi connectivity index (χ4v) is 6.12. The third-order valence-electron chi connectivity index (χ3n) is 7.83. The molecular weight excluding hydrogens is 422 g/mol. The second-order valence-electron chi connectivity index (χ2n) is 9.50.